The summed E-state index contributed by atoms with van der Waals surface area (Å²) in [4.78, 5) is 22.9. The first-order valence-electron chi connectivity index (χ1n) is 6.82. The molecule has 0 radical (unpaired) electrons. The molecule has 0 aliphatic carbocycles. The number of primary amides is 1. The molecule has 1 aromatic carbocycles. The molecule has 4 heteroatoms. The smallest absolute Gasteiger partial charge is 0.334 e. The molecule has 0 saturated carbocycles. The average Bonchev–Trinajstić information content (AvgIpc) is 2.74. The van der Waals surface area contributed by atoms with E-state index in [1.165, 1.54) is 0 Å². The van der Waals surface area contributed by atoms with Gasteiger partial charge in [0.2, 0.25) is 5.91 Å². The molecule has 1 aromatic rings. The zero-order chi connectivity index (χ0) is 14.6. The highest BCUT2D eigenvalue weighted by atomic mass is 16.6. The van der Waals surface area contributed by atoms with Crippen LogP contribution >= 0.6 is 0 Å². The molecule has 0 saturated heterocycles. The maximum absolute atomic E-state index is 11.8. The van der Waals surface area contributed by atoms with Crippen LogP contribution in [0.1, 0.15) is 31.7 Å². The summed E-state index contributed by atoms with van der Waals surface area (Å²) >= 11 is 0. The molecule has 1 amide bonds. The standard InChI is InChI=1S/C16H19NO3/c1-2-13-11-16(20-15(13)19,9-8-14(17)18)10-12-6-4-3-5-7-12/h3-7,11H,2,8-10H2,1H3,(H2,17,18)/t16-/m0/s1. The molecule has 106 valence electrons. The third-order valence-electron chi connectivity index (χ3n) is 3.52. The number of esters is 1. The van der Waals surface area contributed by atoms with Gasteiger partial charge in [0.1, 0.15) is 5.60 Å². The van der Waals surface area contributed by atoms with Crippen LogP contribution in [0, 0.1) is 0 Å². The number of hydrogen-bond acceptors (Lipinski definition) is 3. The van der Waals surface area contributed by atoms with Crippen LogP contribution in [0.25, 0.3) is 0 Å². The van der Waals surface area contributed by atoms with Crippen molar-refractivity contribution in [3.05, 3.63) is 47.5 Å². The van der Waals surface area contributed by atoms with Crippen molar-refractivity contribution in [1.29, 1.82) is 0 Å². The molecular weight excluding hydrogens is 254 g/mol. The molecule has 2 N–H and O–H groups in total. The van der Waals surface area contributed by atoms with Crippen LogP contribution in [0.5, 0.6) is 0 Å². The summed E-state index contributed by atoms with van der Waals surface area (Å²) in [6.07, 6.45) is 3.69. The van der Waals surface area contributed by atoms with Gasteiger partial charge in [0.05, 0.1) is 0 Å². The van der Waals surface area contributed by atoms with Crippen LogP contribution in [0.15, 0.2) is 42.0 Å². The van der Waals surface area contributed by atoms with Gasteiger partial charge in [-0.25, -0.2) is 4.79 Å². The molecule has 1 heterocycles. The maximum Gasteiger partial charge on any atom is 0.334 e. The Hall–Kier alpha value is -2.10. The largest absolute Gasteiger partial charge is 0.451 e. The number of hydrogen-bond donors (Lipinski definition) is 1. The van der Waals surface area contributed by atoms with Crippen molar-refractivity contribution < 1.29 is 14.3 Å². The fourth-order valence-electron chi connectivity index (χ4n) is 2.48. The highest BCUT2D eigenvalue weighted by molar-refractivity contribution is 5.91. The Balaban J connectivity index is 2.23. The minimum Gasteiger partial charge on any atom is -0.451 e. The zero-order valence-corrected chi connectivity index (χ0v) is 11.6. The van der Waals surface area contributed by atoms with Crippen molar-refractivity contribution in [1.82, 2.24) is 0 Å². The van der Waals surface area contributed by atoms with E-state index in [1.54, 1.807) is 0 Å². The lowest BCUT2D eigenvalue weighted by Gasteiger charge is -2.26. The molecule has 2 rings (SSSR count). The van der Waals surface area contributed by atoms with Crippen LogP contribution in [-0.2, 0) is 20.7 Å². The average molecular weight is 273 g/mol. The predicted molar refractivity (Wildman–Crippen MR) is 75.8 cm³/mol. The quantitative estimate of drug-likeness (QED) is 0.807. The first kappa shape index (κ1) is 14.3. The third-order valence-corrected chi connectivity index (χ3v) is 3.52. The van der Waals surface area contributed by atoms with Gasteiger partial charge in [0, 0.05) is 18.4 Å². The van der Waals surface area contributed by atoms with Crippen LogP contribution < -0.4 is 5.73 Å². The Morgan fingerprint density at radius 3 is 2.55 bits per heavy atom. The van der Waals surface area contributed by atoms with Gasteiger partial charge in [-0.05, 0) is 24.5 Å². The summed E-state index contributed by atoms with van der Waals surface area (Å²) in [5.41, 5.74) is 6.23. The summed E-state index contributed by atoms with van der Waals surface area (Å²) in [6, 6.07) is 9.79. The van der Waals surface area contributed by atoms with Gasteiger partial charge >= 0.3 is 5.97 Å². The maximum atomic E-state index is 11.8. The summed E-state index contributed by atoms with van der Waals surface area (Å²) < 4.78 is 5.57. The topological polar surface area (TPSA) is 69.4 Å². The first-order valence-corrected chi connectivity index (χ1v) is 6.82. The second-order valence-corrected chi connectivity index (χ2v) is 5.11. The number of rotatable bonds is 6. The van der Waals surface area contributed by atoms with Gasteiger partial charge in [-0.1, -0.05) is 37.3 Å². The van der Waals surface area contributed by atoms with E-state index in [4.69, 9.17) is 10.5 Å². The lowest BCUT2D eigenvalue weighted by Crippen LogP contribution is -2.32. The van der Waals surface area contributed by atoms with Gasteiger partial charge in [0.25, 0.3) is 0 Å². The van der Waals surface area contributed by atoms with Crippen LogP contribution in [0.3, 0.4) is 0 Å². The first-order chi connectivity index (χ1) is 9.54. The van der Waals surface area contributed by atoms with E-state index in [0.717, 1.165) is 5.56 Å². The molecule has 0 fully saturated rings. The Morgan fingerprint density at radius 1 is 1.30 bits per heavy atom. The van der Waals surface area contributed by atoms with Crippen LogP contribution in [0.2, 0.25) is 0 Å². The third kappa shape index (κ3) is 3.26. The van der Waals surface area contributed by atoms with E-state index in [9.17, 15) is 9.59 Å². The normalized spacial score (nSPS) is 21.4. The number of amides is 1. The minimum atomic E-state index is -0.737. The fourth-order valence-corrected chi connectivity index (χ4v) is 2.48. The van der Waals surface area contributed by atoms with Gasteiger partial charge in [-0.2, -0.15) is 0 Å². The van der Waals surface area contributed by atoms with E-state index < -0.39 is 5.60 Å². The number of carbonyl (C=O) groups is 2. The van der Waals surface area contributed by atoms with E-state index in [1.807, 2.05) is 43.3 Å². The van der Waals surface area contributed by atoms with Crippen molar-refractivity contribution >= 4 is 11.9 Å². The summed E-state index contributed by atoms with van der Waals surface area (Å²) in [6.45, 7) is 1.92. The van der Waals surface area contributed by atoms with Crippen molar-refractivity contribution in [2.75, 3.05) is 0 Å². The van der Waals surface area contributed by atoms with E-state index in [2.05, 4.69) is 0 Å². The van der Waals surface area contributed by atoms with Gasteiger partial charge < -0.3 is 10.5 Å². The molecule has 1 aliphatic rings. The molecule has 1 aliphatic heterocycles. The molecule has 0 bridgehead atoms. The minimum absolute atomic E-state index is 0.202. The van der Waals surface area contributed by atoms with E-state index in [0.29, 0.717) is 24.8 Å². The second-order valence-electron chi connectivity index (χ2n) is 5.11. The monoisotopic (exact) mass is 273 g/mol. The Labute approximate surface area is 118 Å². The molecule has 0 spiro atoms. The molecule has 0 aromatic heterocycles. The molecule has 0 unspecified atom stereocenters. The van der Waals surface area contributed by atoms with E-state index >= 15 is 0 Å². The van der Waals surface area contributed by atoms with E-state index in [-0.39, 0.29) is 18.3 Å². The zero-order valence-electron chi connectivity index (χ0n) is 11.6. The lowest BCUT2D eigenvalue weighted by atomic mass is 9.89. The van der Waals surface area contributed by atoms with Crippen LogP contribution in [-0.4, -0.2) is 17.5 Å². The Kier molecular flexibility index (Phi) is 4.23. The SMILES string of the molecule is CCC1=C[C@](CCC(N)=O)(Cc2ccccc2)OC1=O. The number of benzene rings is 1. The summed E-state index contributed by atoms with van der Waals surface area (Å²) in [7, 11) is 0. The summed E-state index contributed by atoms with van der Waals surface area (Å²) in [5.74, 6) is -0.667. The molecule has 4 nitrogen and oxygen atoms in total. The molecule has 1 atom stereocenters. The Bertz CT molecular complexity index is 536. The highest BCUT2D eigenvalue weighted by Crippen LogP contribution is 2.33. The number of ether oxygens (including phenoxy) is 1. The van der Waals surface area contributed by atoms with Gasteiger partial charge in [-0.3, -0.25) is 4.79 Å². The number of carbonyl (C=O) groups excluding carboxylic acids is 2. The van der Waals surface area contributed by atoms with Crippen LogP contribution in [0.4, 0.5) is 0 Å². The highest BCUT2D eigenvalue weighted by Gasteiger charge is 2.39. The number of cyclic esters (lactones) is 1. The van der Waals surface area contributed by atoms with Crippen molar-refractivity contribution in [3.8, 4) is 0 Å². The van der Waals surface area contributed by atoms with Crippen molar-refractivity contribution in [2.45, 2.75) is 38.2 Å². The van der Waals surface area contributed by atoms with Crippen molar-refractivity contribution in [3.63, 3.8) is 0 Å². The van der Waals surface area contributed by atoms with Gasteiger partial charge in [0.15, 0.2) is 0 Å². The molecular formula is C16H19NO3. The van der Waals surface area contributed by atoms with Crippen molar-refractivity contribution in [2.24, 2.45) is 5.73 Å². The Morgan fingerprint density at radius 2 is 2.00 bits per heavy atom. The predicted octanol–water partition coefficient (Wildman–Crippen LogP) is 2.13. The second kappa shape index (κ2) is 5.90. The molecule has 20 heavy (non-hydrogen) atoms. The lowest BCUT2D eigenvalue weighted by molar-refractivity contribution is -0.147. The number of nitrogens with two attached hydrogens (primary N) is 1. The summed E-state index contributed by atoms with van der Waals surface area (Å²) in [5, 5.41) is 0. The fraction of sp³-hybridized carbons (Fsp3) is 0.375. The van der Waals surface area contributed by atoms with Gasteiger partial charge in [-0.15, -0.1) is 0 Å².